The van der Waals surface area contributed by atoms with E-state index in [1.54, 1.807) is 12.1 Å². The smallest absolute Gasteiger partial charge is 0.318 e. The van der Waals surface area contributed by atoms with Gasteiger partial charge in [0.1, 0.15) is 5.75 Å². The number of para-hydroxylation sites is 1. The van der Waals surface area contributed by atoms with E-state index in [4.69, 9.17) is 4.74 Å². The molecule has 1 atom stereocenters. The lowest BCUT2D eigenvalue weighted by atomic mass is 10.0. The topological polar surface area (TPSA) is 26.3 Å². The Labute approximate surface area is 90.6 Å². The molecule has 2 nitrogen and oxygen atoms in total. The molecule has 1 aromatic rings. The van der Waals surface area contributed by atoms with Gasteiger partial charge in [0.05, 0.1) is 5.92 Å². The minimum absolute atomic E-state index is 0.185. The predicted octanol–water partition coefficient (Wildman–Crippen LogP) is 3.19. The van der Waals surface area contributed by atoms with E-state index < -0.39 is 0 Å². The maximum absolute atomic E-state index is 11.6. The Morgan fingerprint density at radius 3 is 2.47 bits per heavy atom. The summed E-state index contributed by atoms with van der Waals surface area (Å²) in [4.78, 5) is 11.6. The Bertz CT molecular complexity index is 352. The van der Waals surface area contributed by atoms with Crippen LogP contribution in [0.1, 0.15) is 20.8 Å². The highest BCUT2D eigenvalue weighted by molar-refractivity contribution is 5.77. The molecule has 0 aliphatic carbocycles. The molecule has 0 aliphatic rings. The Hall–Kier alpha value is -1.57. The number of ether oxygens (including phenoxy) is 1. The molecule has 0 saturated carbocycles. The van der Waals surface area contributed by atoms with Crippen LogP contribution in [0.25, 0.3) is 0 Å². The van der Waals surface area contributed by atoms with Crippen molar-refractivity contribution < 1.29 is 9.53 Å². The van der Waals surface area contributed by atoms with E-state index in [0.717, 1.165) is 5.57 Å². The average molecular weight is 204 g/mol. The molecule has 0 bridgehead atoms. The zero-order valence-electron chi connectivity index (χ0n) is 9.36. The molecule has 80 valence electrons. The van der Waals surface area contributed by atoms with Gasteiger partial charge in [-0.1, -0.05) is 29.8 Å². The van der Waals surface area contributed by atoms with E-state index in [9.17, 15) is 4.79 Å². The second kappa shape index (κ2) is 5.35. The van der Waals surface area contributed by atoms with Crippen molar-refractivity contribution in [3.05, 3.63) is 42.0 Å². The van der Waals surface area contributed by atoms with Crippen LogP contribution >= 0.6 is 0 Å². The molecule has 0 amide bonds. The zero-order valence-corrected chi connectivity index (χ0v) is 9.36. The number of benzene rings is 1. The van der Waals surface area contributed by atoms with E-state index >= 15 is 0 Å². The van der Waals surface area contributed by atoms with Crippen LogP contribution in [-0.4, -0.2) is 5.97 Å². The Kier molecular flexibility index (Phi) is 4.10. The monoisotopic (exact) mass is 204 g/mol. The Morgan fingerprint density at radius 1 is 1.33 bits per heavy atom. The molecule has 1 unspecified atom stereocenters. The molecule has 2 heteroatoms. The molecule has 0 aliphatic heterocycles. The molecule has 0 aromatic heterocycles. The minimum Gasteiger partial charge on any atom is -0.426 e. The van der Waals surface area contributed by atoms with Crippen LogP contribution in [0.4, 0.5) is 0 Å². The molecule has 0 saturated heterocycles. The first-order chi connectivity index (χ1) is 7.15. The number of hydrogen-bond acceptors (Lipinski definition) is 2. The molecule has 15 heavy (non-hydrogen) atoms. The van der Waals surface area contributed by atoms with Crippen molar-refractivity contribution in [1.82, 2.24) is 0 Å². The summed E-state index contributed by atoms with van der Waals surface area (Å²) in [6.45, 7) is 5.69. The minimum atomic E-state index is -0.211. The highest BCUT2D eigenvalue weighted by Gasteiger charge is 2.16. The van der Waals surface area contributed by atoms with Crippen molar-refractivity contribution in [3.63, 3.8) is 0 Å². The lowest BCUT2D eigenvalue weighted by Crippen LogP contribution is -2.18. The van der Waals surface area contributed by atoms with Crippen LogP contribution in [0.3, 0.4) is 0 Å². The molecule has 1 aromatic carbocycles. The summed E-state index contributed by atoms with van der Waals surface area (Å²) in [5.74, 6) is 0.199. The first-order valence-corrected chi connectivity index (χ1v) is 5.04. The van der Waals surface area contributed by atoms with Crippen molar-refractivity contribution >= 4 is 5.97 Å². The number of carbonyl (C=O) groups is 1. The van der Waals surface area contributed by atoms with E-state index in [1.165, 1.54) is 0 Å². The van der Waals surface area contributed by atoms with Gasteiger partial charge in [0.15, 0.2) is 0 Å². The average Bonchev–Trinajstić information content (AvgIpc) is 2.28. The third-order valence-corrected chi connectivity index (χ3v) is 2.45. The lowest BCUT2D eigenvalue weighted by Gasteiger charge is -2.11. The molecule has 1 rings (SSSR count). The van der Waals surface area contributed by atoms with Gasteiger partial charge in [-0.15, -0.1) is 0 Å². The van der Waals surface area contributed by atoms with E-state index in [0.29, 0.717) is 5.75 Å². The first-order valence-electron chi connectivity index (χ1n) is 5.04. The second-order valence-corrected chi connectivity index (χ2v) is 3.49. The number of rotatable bonds is 3. The summed E-state index contributed by atoms with van der Waals surface area (Å²) in [6.07, 6.45) is 1.93. The van der Waals surface area contributed by atoms with Gasteiger partial charge in [0.2, 0.25) is 0 Å². The standard InChI is InChI=1S/C13H16O2/c1-4-10(2)11(3)13(14)15-12-8-6-5-7-9-12/h4-9,11H,1-3H3/b10-4+. The van der Waals surface area contributed by atoms with Crippen LogP contribution in [-0.2, 0) is 4.79 Å². The van der Waals surface area contributed by atoms with Crippen LogP contribution in [0.5, 0.6) is 5.75 Å². The predicted molar refractivity (Wildman–Crippen MR) is 60.7 cm³/mol. The quantitative estimate of drug-likeness (QED) is 0.429. The van der Waals surface area contributed by atoms with Gasteiger partial charge in [-0.3, -0.25) is 4.79 Å². The summed E-state index contributed by atoms with van der Waals surface area (Å²) >= 11 is 0. The third-order valence-electron chi connectivity index (χ3n) is 2.45. The summed E-state index contributed by atoms with van der Waals surface area (Å²) in [5, 5.41) is 0. The summed E-state index contributed by atoms with van der Waals surface area (Å²) in [7, 11) is 0. The number of esters is 1. The molecule has 0 spiro atoms. The number of allylic oxidation sites excluding steroid dienone is 1. The second-order valence-electron chi connectivity index (χ2n) is 3.49. The lowest BCUT2D eigenvalue weighted by molar-refractivity contribution is -0.137. The highest BCUT2D eigenvalue weighted by Crippen LogP contribution is 2.15. The van der Waals surface area contributed by atoms with Gasteiger partial charge >= 0.3 is 5.97 Å². The molecular weight excluding hydrogens is 188 g/mol. The fourth-order valence-electron chi connectivity index (χ4n) is 1.13. The fourth-order valence-corrected chi connectivity index (χ4v) is 1.13. The van der Waals surface area contributed by atoms with Gasteiger partial charge < -0.3 is 4.74 Å². The fraction of sp³-hybridized carbons (Fsp3) is 0.308. The van der Waals surface area contributed by atoms with Crippen molar-refractivity contribution in [2.45, 2.75) is 20.8 Å². The number of hydrogen-bond donors (Lipinski definition) is 0. The molecular formula is C13H16O2. The van der Waals surface area contributed by atoms with Gasteiger partial charge in [-0.25, -0.2) is 0 Å². The molecule has 0 N–H and O–H groups in total. The van der Waals surface area contributed by atoms with Crippen molar-refractivity contribution in [3.8, 4) is 5.75 Å². The Morgan fingerprint density at radius 2 is 1.93 bits per heavy atom. The van der Waals surface area contributed by atoms with Crippen LogP contribution in [0.2, 0.25) is 0 Å². The number of carbonyl (C=O) groups excluding carboxylic acids is 1. The summed E-state index contributed by atoms with van der Waals surface area (Å²) in [5.41, 5.74) is 1.02. The molecule has 0 heterocycles. The van der Waals surface area contributed by atoms with Crippen LogP contribution in [0.15, 0.2) is 42.0 Å². The highest BCUT2D eigenvalue weighted by atomic mass is 16.5. The summed E-state index contributed by atoms with van der Waals surface area (Å²) < 4.78 is 5.22. The van der Waals surface area contributed by atoms with Crippen molar-refractivity contribution in [1.29, 1.82) is 0 Å². The van der Waals surface area contributed by atoms with Crippen LogP contribution < -0.4 is 4.74 Å². The largest absolute Gasteiger partial charge is 0.426 e. The normalized spacial score (nSPS) is 13.4. The molecule has 0 radical (unpaired) electrons. The molecule has 0 fully saturated rings. The van der Waals surface area contributed by atoms with Gasteiger partial charge in [-0.2, -0.15) is 0 Å². The zero-order chi connectivity index (χ0) is 11.3. The van der Waals surface area contributed by atoms with Gasteiger partial charge in [-0.05, 0) is 32.9 Å². The van der Waals surface area contributed by atoms with Crippen LogP contribution in [0, 0.1) is 5.92 Å². The van der Waals surface area contributed by atoms with E-state index in [-0.39, 0.29) is 11.9 Å². The Balaban J connectivity index is 2.64. The van der Waals surface area contributed by atoms with E-state index in [2.05, 4.69) is 0 Å². The van der Waals surface area contributed by atoms with Crippen molar-refractivity contribution in [2.75, 3.05) is 0 Å². The van der Waals surface area contributed by atoms with E-state index in [1.807, 2.05) is 45.0 Å². The third kappa shape index (κ3) is 3.24. The first kappa shape index (κ1) is 11.5. The maximum atomic E-state index is 11.6. The SMILES string of the molecule is C/C=C(\C)C(C)C(=O)Oc1ccccc1. The van der Waals surface area contributed by atoms with Crippen molar-refractivity contribution in [2.24, 2.45) is 5.92 Å². The maximum Gasteiger partial charge on any atom is 0.318 e. The van der Waals surface area contributed by atoms with Gasteiger partial charge in [0.25, 0.3) is 0 Å². The van der Waals surface area contributed by atoms with Gasteiger partial charge in [0, 0.05) is 0 Å². The summed E-state index contributed by atoms with van der Waals surface area (Å²) in [6, 6.07) is 9.12.